The van der Waals surface area contributed by atoms with Crippen molar-refractivity contribution in [1.29, 1.82) is 0 Å². The van der Waals surface area contributed by atoms with Crippen molar-refractivity contribution in [3.8, 4) is 0 Å². The quantitative estimate of drug-likeness (QED) is 0.690. The van der Waals surface area contributed by atoms with Crippen molar-refractivity contribution in [2.24, 2.45) is 0 Å². The van der Waals surface area contributed by atoms with Gasteiger partial charge in [-0.05, 0) is 37.4 Å². The number of furan rings is 1. The van der Waals surface area contributed by atoms with E-state index in [0.29, 0.717) is 31.2 Å². The first-order valence-corrected chi connectivity index (χ1v) is 10.8. The number of carbonyl (C=O) groups is 2. The largest absolute Gasteiger partial charge is 0.438 e. The zero-order valence-electron chi connectivity index (χ0n) is 15.7. The molecule has 0 unspecified atom stereocenters. The van der Waals surface area contributed by atoms with Crippen molar-refractivity contribution >= 4 is 39.1 Å². The van der Waals surface area contributed by atoms with Gasteiger partial charge in [-0.25, -0.2) is 13.1 Å². The highest BCUT2D eigenvalue weighted by Crippen LogP contribution is 2.20. The van der Waals surface area contributed by atoms with Gasteiger partial charge in [-0.15, -0.1) is 0 Å². The van der Waals surface area contributed by atoms with Gasteiger partial charge in [0.1, 0.15) is 0 Å². The van der Waals surface area contributed by atoms with E-state index in [1.807, 2.05) is 24.3 Å². The molecular weight excluding hydrogens is 420 g/mol. The topological polar surface area (TPSA) is 112 Å². The number of benzene rings is 1. The Labute approximate surface area is 173 Å². The molecule has 0 atom stereocenters. The summed E-state index contributed by atoms with van der Waals surface area (Å²) in [6.45, 7) is 2.15. The average molecular weight is 441 g/mol. The van der Waals surface area contributed by atoms with E-state index in [2.05, 4.69) is 14.9 Å². The van der Waals surface area contributed by atoms with Crippen molar-refractivity contribution in [3.05, 3.63) is 47.2 Å². The maximum absolute atomic E-state index is 12.4. The van der Waals surface area contributed by atoms with Crippen LogP contribution in [0.4, 0.5) is 5.69 Å². The third kappa shape index (κ3) is 5.08. The maximum atomic E-state index is 12.4. The fourth-order valence-electron chi connectivity index (χ4n) is 2.93. The molecule has 0 saturated carbocycles. The van der Waals surface area contributed by atoms with Gasteiger partial charge in [0.15, 0.2) is 5.76 Å². The molecule has 2 aromatic rings. The summed E-state index contributed by atoms with van der Waals surface area (Å²) >= 11 is 6.02. The van der Waals surface area contributed by atoms with E-state index in [1.165, 1.54) is 19.2 Å². The third-order valence-corrected chi connectivity index (χ3v) is 6.07. The number of nitrogens with one attached hydrogen (secondary N) is 2. The number of halogens is 1. The van der Waals surface area contributed by atoms with Gasteiger partial charge in [0.2, 0.25) is 11.0 Å². The first-order chi connectivity index (χ1) is 13.8. The summed E-state index contributed by atoms with van der Waals surface area (Å²) in [6.07, 6.45) is 0. The van der Waals surface area contributed by atoms with Gasteiger partial charge in [-0.2, -0.15) is 0 Å². The Bertz CT molecular complexity index is 999. The number of carbonyl (C=O) groups excluding carboxylic acids is 2. The number of hydrogen-bond acceptors (Lipinski definition) is 6. The summed E-state index contributed by atoms with van der Waals surface area (Å²) in [5.41, 5.74) is 1.00. The number of rotatable bonds is 6. The minimum Gasteiger partial charge on any atom is -0.438 e. The van der Waals surface area contributed by atoms with Gasteiger partial charge in [0.25, 0.3) is 15.9 Å². The summed E-state index contributed by atoms with van der Waals surface area (Å²) < 4.78 is 30.4. The Morgan fingerprint density at radius 1 is 1.14 bits per heavy atom. The number of amides is 2. The molecule has 29 heavy (non-hydrogen) atoms. The second-order valence-corrected chi connectivity index (χ2v) is 8.61. The van der Waals surface area contributed by atoms with Crippen LogP contribution in [0, 0.1) is 0 Å². The van der Waals surface area contributed by atoms with Crippen LogP contribution in [0.25, 0.3) is 0 Å². The van der Waals surface area contributed by atoms with Crippen LogP contribution in [0.3, 0.4) is 0 Å². The fraction of sp³-hybridized carbons (Fsp3) is 0.333. The van der Waals surface area contributed by atoms with Crippen molar-refractivity contribution in [2.45, 2.75) is 5.09 Å². The lowest BCUT2D eigenvalue weighted by Gasteiger charge is -2.36. The molecule has 1 saturated heterocycles. The standard InChI is InChI=1S/C18H21ClN4O5S/c1-20-29(26,27)17-6-5-15(28-17)18(25)21-12-16(24)23-9-7-22(8-10-23)14-4-2-3-13(19)11-14/h2-6,11,20H,7-10,12H2,1H3,(H,21,25). The molecular formula is C18H21ClN4O5S. The van der Waals surface area contributed by atoms with E-state index < -0.39 is 15.9 Å². The van der Waals surface area contributed by atoms with E-state index in [4.69, 9.17) is 16.0 Å². The fourth-order valence-corrected chi connectivity index (χ4v) is 3.76. The molecule has 0 aliphatic carbocycles. The van der Waals surface area contributed by atoms with E-state index in [-0.39, 0.29) is 23.3 Å². The van der Waals surface area contributed by atoms with E-state index >= 15 is 0 Å². The molecule has 1 aliphatic rings. The van der Waals surface area contributed by atoms with E-state index in [9.17, 15) is 18.0 Å². The highest BCUT2D eigenvalue weighted by Gasteiger charge is 2.23. The van der Waals surface area contributed by atoms with Crippen molar-refractivity contribution in [3.63, 3.8) is 0 Å². The Balaban J connectivity index is 1.49. The van der Waals surface area contributed by atoms with Crippen molar-refractivity contribution in [1.82, 2.24) is 14.9 Å². The second kappa shape index (κ2) is 8.85. The summed E-state index contributed by atoms with van der Waals surface area (Å²) in [6, 6.07) is 9.96. The molecule has 1 aromatic heterocycles. The molecule has 2 N–H and O–H groups in total. The Morgan fingerprint density at radius 3 is 2.52 bits per heavy atom. The highest BCUT2D eigenvalue weighted by molar-refractivity contribution is 7.89. The Morgan fingerprint density at radius 2 is 1.86 bits per heavy atom. The molecule has 3 rings (SSSR count). The molecule has 0 bridgehead atoms. The summed E-state index contributed by atoms with van der Waals surface area (Å²) in [5, 5.41) is 2.75. The first-order valence-electron chi connectivity index (χ1n) is 8.90. The van der Waals surface area contributed by atoms with Crippen molar-refractivity contribution in [2.75, 3.05) is 44.7 Å². The maximum Gasteiger partial charge on any atom is 0.287 e. The second-order valence-electron chi connectivity index (χ2n) is 6.36. The molecule has 11 heteroatoms. The molecule has 2 heterocycles. The number of anilines is 1. The monoisotopic (exact) mass is 440 g/mol. The summed E-state index contributed by atoms with van der Waals surface area (Å²) in [5.74, 6) is -1.07. The minimum atomic E-state index is -3.77. The first kappa shape index (κ1) is 21.2. The van der Waals surface area contributed by atoms with Crippen LogP contribution < -0.4 is 14.9 Å². The zero-order chi connectivity index (χ0) is 21.0. The summed E-state index contributed by atoms with van der Waals surface area (Å²) in [7, 11) is -2.54. The highest BCUT2D eigenvalue weighted by atomic mass is 35.5. The summed E-state index contributed by atoms with van der Waals surface area (Å²) in [4.78, 5) is 28.3. The molecule has 156 valence electrons. The predicted octanol–water partition coefficient (Wildman–Crippen LogP) is 0.920. The molecule has 1 aliphatic heterocycles. The van der Waals surface area contributed by atoms with Crippen LogP contribution in [0.5, 0.6) is 0 Å². The van der Waals surface area contributed by atoms with E-state index in [1.54, 1.807) is 4.90 Å². The number of nitrogens with zero attached hydrogens (tertiary/aromatic N) is 2. The lowest BCUT2D eigenvalue weighted by molar-refractivity contribution is -0.130. The molecule has 9 nitrogen and oxygen atoms in total. The Kier molecular flexibility index (Phi) is 6.46. The number of hydrogen-bond donors (Lipinski definition) is 2. The molecule has 0 spiro atoms. The van der Waals surface area contributed by atoms with Gasteiger partial charge in [-0.1, -0.05) is 17.7 Å². The van der Waals surface area contributed by atoms with E-state index in [0.717, 1.165) is 5.69 Å². The molecule has 1 fully saturated rings. The van der Waals surface area contributed by atoms with Crippen LogP contribution in [0.15, 0.2) is 45.9 Å². The van der Waals surface area contributed by atoms with Gasteiger partial charge < -0.3 is 19.5 Å². The normalized spacial score (nSPS) is 14.7. The van der Waals surface area contributed by atoms with Crippen LogP contribution in [-0.4, -0.2) is 64.9 Å². The van der Waals surface area contributed by atoms with Crippen LogP contribution >= 0.6 is 11.6 Å². The molecule has 1 aromatic carbocycles. The van der Waals surface area contributed by atoms with Crippen molar-refractivity contribution < 1.29 is 22.4 Å². The lowest BCUT2D eigenvalue weighted by Crippen LogP contribution is -2.51. The van der Waals surface area contributed by atoms with Gasteiger partial charge in [-0.3, -0.25) is 9.59 Å². The smallest absolute Gasteiger partial charge is 0.287 e. The van der Waals surface area contributed by atoms with Gasteiger partial charge >= 0.3 is 0 Å². The van der Waals surface area contributed by atoms with Crippen LogP contribution in [0.1, 0.15) is 10.6 Å². The SMILES string of the molecule is CNS(=O)(=O)c1ccc(C(=O)NCC(=O)N2CCN(c3cccc(Cl)c3)CC2)o1. The number of sulfonamides is 1. The minimum absolute atomic E-state index is 0.183. The molecule has 2 amide bonds. The van der Waals surface area contributed by atoms with Crippen LogP contribution in [0.2, 0.25) is 5.02 Å². The predicted molar refractivity (Wildman–Crippen MR) is 108 cm³/mol. The third-order valence-electron chi connectivity index (χ3n) is 4.54. The van der Waals surface area contributed by atoms with Gasteiger partial charge in [0, 0.05) is 36.9 Å². The van der Waals surface area contributed by atoms with Gasteiger partial charge in [0.05, 0.1) is 6.54 Å². The average Bonchev–Trinajstić information content (AvgIpc) is 3.23. The number of piperazine rings is 1. The lowest BCUT2D eigenvalue weighted by atomic mass is 10.2. The zero-order valence-corrected chi connectivity index (χ0v) is 17.3. The Hall–Kier alpha value is -2.56. The molecule has 0 radical (unpaired) electrons. The van der Waals surface area contributed by atoms with Crippen LogP contribution in [-0.2, 0) is 14.8 Å².